The van der Waals surface area contributed by atoms with Crippen LogP contribution in [-0.4, -0.2) is 24.5 Å². The van der Waals surface area contributed by atoms with Crippen molar-refractivity contribution in [2.75, 3.05) is 0 Å². The molecule has 1 aliphatic carbocycles. The van der Waals surface area contributed by atoms with Gasteiger partial charge in [-0.05, 0) is 11.6 Å². The zero-order valence-corrected chi connectivity index (χ0v) is 8.89. The fraction of sp³-hybridized carbons (Fsp3) is 0. The predicted octanol–water partition coefficient (Wildman–Crippen LogP) is 0.536. The van der Waals surface area contributed by atoms with Crippen molar-refractivity contribution in [3.63, 3.8) is 0 Å². The molecule has 16 heavy (non-hydrogen) atoms. The summed E-state index contributed by atoms with van der Waals surface area (Å²) in [4.78, 5) is 22.1. The topological polar surface area (TPSA) is 88.5 Å². The van der Waals surface area contributed by atoms with Crippen molar-refractivity contribution in [3.8, 4) is 0 Å². The van der Waals surface area contributed by atoms with Crippen molar-refractivity contribution in [2.45, 2.75) is 0 Å². The molecule has 1 N–H and O–H groups in total. The SMILES string of the molecule is O=C1C=Cc2ccccc2C1=O.O=[SH](=O)O. The van der Waals surface area contributed by atoms with E-state index in [9.17, 15) is 9.59 Å². The number of allylic oxidation sites excluding steroid dienone is 1. The van der Waals surface area contributed by atoms with Gasteiger partial charge in [-0.15, -0.1) is 0 Å². The van der Waals surface area contributed by atoms with Crippen molar-refractivity contribution >= 4 is 28.6 Å². The largest absolute Gasteiger partial charge is 0.288 e. The first-order chi connectivity index (χ1) is 7.52. The fourth-order valence-corrected chi connectivity index (χ4v) is 1.22. The zero-order valence-electron chi connectivity index (χ0n) is 7.99. The predicted molar refractivity (Wildman–Crippen MR) is 57.8 cm³/mol. The molecule has 0 bridgehead atoms. The summed E-state index contributed by atoms with van der Waals surface area (Å²) >= 11 is 0. The first-order valence-corrected chi connectivity index (χ1v) is 5.34. The Balaban J connectivity index is 0.000000280. The number of hydrogen-bond acceptors (Lipinski definition) is 4. The Bertz CT molecular complexity index is 520. The van der Waals surface area contributed by atoms with E-state index in [2.05, 4.69) is 0 Å². The Labute approximate surface area is 93.2 Å². The number of rotatable bonds is 0. The molecule has 1 aromatic rings. The molecule has 0 unspecified atom stereocenters. The van der Waals surface area contributed by atoms with E-state index in [-0.39, 0.29) is 0 Å². The smallest absolute Gasteiger partial charge is 0.254 e. The molecule has 5 nitrogen and oxygen atoms in total. The monoisotopic (exact) mass is 240 g/mol. The van der Waals surface area contributed by atoms with Crippen LogP contribution in [0.4, 0.5) is 0 Å². The first kappa shape index (κ1) is 12.3. The first-order valence-electron chi connectivity index (χ1n) is 4.21. The van der Waals surface area contributed by atoms with Gasteiger partial charge in [-0.3, -0.25) is 14.1 Å². The third-order valence-corrected chi connectivity index (χ3v) is 1.84. The molecule has 0 amide bonds. The lowest BCUT2D eigenvalue weighted by Crippen LogP contribution is -2.15. The average molecular weight is 240 g/mol. The van der Waals surface area contributed by atoms with Gasteiger partial charge in [0.25, 0.3) is 11.0 Å². The van der Waals surface area contributed by atoms with E-state index in [4.69, 9.17) is 13.0 Å². The molecule has 0 aliphatic heterocycles. The number of carbonyl (C=O) groups is 2. The van der Waals surface area contributed by atoms with Crippen molar-refractivity contribution in [2.24, 2.45) is 0 Å². The molecule has 84 valence electrons. The fourth-order valence-electron chi connectivity index (χ4n) is 1.22. The minimum Gasteiger partial charge on any atom is -0.288 e. The van der Waals surface area contributed by atoms with Gasteiger partial charge in [0.15, 0.2) is 0 Å². The molecule has 0 saturated heterocycles. The van der Waals surface area contributed by atoms with Crippen LogP contribution in [0.5, 0.6) is 0 Å². The Morgan fingerprint density at radius 3 is 2.19 bits per heavy atom. The van der Waals surface area contributed by atoms with E-state index in [1.165, 1.54) is 6.08 Å². The Hall–Kier alpha value is -1.79. The lowest BCUT2D eigenvalue weighted by molar-refractivity contribution is -0.110. The lowest BCUT2D eigenvalue weighted by atomic mass is 9.96. The number of hydrogen-bond donors (Lipinski definition) is 2. The van der Waals surface area contributed by atoms with Gasteiger partial charge >= 0.3 is 0 Å². The lowest BCUT2D eigenvalue weighted by Gasteiger charge is -2.06. The van der Waals surface area contributed by atoms with Crippen molar-refractivity contribution in [1.29, 1.82) is 0 Å². The van der Waals surface area contributed by atoms with Crippen LogP contribution in [0.1, 0.15) is 15.9 Å². The van der Waals surface area contributed by atoms with E-state index < -0.39 is 22.6 Å². The summed E-state index contributed by atoms with van der Waals surface area (Å²) in [6.07, 6.45) is 2.98. The van der Waals surface area contributed by atoms with Gasteiger partial charge in [0.05, 0.1) is 0 Å². The minimum atomic E-state index is -3.12. The van der Waals surface area contributed by atoms with Gasteiger partial charge in [-0.1, -0.05) is 30.3 Å². The molecule has 0 spiro atoms. The van der Waals surface area contributed by atoms with E-state index in [1.54, 1.807) is 18.2 Å². The van der Waals surface area contributed by atoms with Gasteiger partial charge in [0, 0.05) is 5.56 Å². The number of fused-ring (bicyclic) bond motifs is 1. The number of Topliss-reactive ketones (excluding diaryl/α,β-unsaturated/α-hetero) is 1. The van der Waals surface area contributed by atoms with Crippen LogP contribution in [0.3, 0.4) is 0 Å². The minimum absolute atomic E-state index is 0.409. The Morgan fingerprint density at radius 2 is 1.56 bits per heavy atom. The summed E-state index contributed by atoms with van der Waals surface area (Å²) in [6, 6.07) is 7.07. The highest BCUT2D eigenvalue weighted by Crippen LogP contribution is 2.16. The molecule has 1 aliphatic rings. The van der Waals surface area contributed by atoms with Gasteiger partial charge in [0.1, 0.15) is 0 Å². The number of ketones is 2. The average Bonchev–Trinajstić information content (AvgIpc) is 2.23. The maximum atomic E-state index is 11.2. The van der Waals surface area contributed by atoms with Crippen molar-refractivity contribution in [1.82, 2.24) is 0 Å². The highest BCUT2D eigenvalue weighted by molar-refractivity contribution is 7.66. The third kappa shape index (κ3) is 3.11. The van der Waals surface area contributed by atoms with Crippen LogP contribution < -0.4 is 0 Å². The van der Waals surface area contributed by atoms with Gasteiger partial charge in [-0.2, -0.15) is 0 Å². The van der Waals surface area contributed by atoms with E-state index in [1.807, 2.05) is 12.1 Å². The number of thiol groups is 1. The molecule has 1 aromatic carbocycles. The van der Waals surface area contributed by atoms with Crippen LogP contribution in [0.2, 0.25) is 0 Å². The second-order valence-electron chi connectivity index (χ2n) is 2.85. The quantitative estimate of drug-likeness (QED) is 0.392. The van der Waals surface area contributed by atoms with Crippen LogP contribution in [-0.2, 0) is 15.8 Å². The van der Waals surface area contributed by atoms with Crippen LogP contribution >= 0.6 is 0 Å². The maximum absolute atomic E-state index is 11.2. The van der Waals surface area contributed by atoms with Crippen LogP contribution in [0.25, 0.3) is 6.08 Å². The van der Waals surface area contributed by atoms with Gasteiger partial charge < -0.3 is 0 Å². The maximum Gasteiger partial charge on any atom is 0.254 e. The van der Waals surface area contributed by atoms with Gasteiger partial charge in [-0.25, -0.2) is 8.42 Å². The molecule has 0 saturated carbocycles. The number of carbonyl (C=O) groups excluding carboxylic acids is 2. The number of benzene rings is 1. The van der Waals surface area contributed by atoms with Crippen molar-refractivity contribution < 1.29 is 22.6 Å². The zero-order chi connectivity index (χ0) is 12.1. The molecule has 0 radical (unpaired) electrons. The standard InChI is InChI=1S/C10H6O2.H2O3S/c11-9-6-5-7-3-1-2-4-8(7)10(9)12;1-4(2)3/h1-6H;4H,(H,1,2,3). The summed E-state index contributed by atoms with van der Waals surface area (Å²) < 4.78 is 24.2. The molecular weight excluding hydrogens is 232 g/mol. The van der Waals surface area contributed by atoms with Gasteiger partial charge in [0.2, 0.25) is 11.6 Å². The second-order valence-corrected chi connectivity index (χ2v) is 3.33. The Morgan fingerprint density at radius 1 is 1.00 bits per heavy atom. The summed E-state index contributed by atoms with van der Waals surface area (Å²) in [5.41, 5.74) is 1.33. The highest BCUT2D eigenvalue weighted by Gasteiger charge is 2.19. The summed E-state index contributed by atoms with van der Waals surface area (Å²) in [5, 5.41) is 0. The van der Waals surface area contributed by atoms with E-state index in [0.717, 1.165) is 5.56 Å². The van der Waals surface area contributed by atoms with Crippen molar-refractivity contribution in [3.05, 3.63) is 41.5 Å². The molecular formula is C10H8O5S. The molecule has 0 aromatic heterocycles. The molecule has 0 fully saturated rings. The summed E-state index contributed by atoms with van der Waals surface area (Å²) in [7, 11) is -3.12. The molecule has 2 rings (SSSR count). The third-order valence-electron chi connectivity index (χ3n) is 1.84. The molecule has 0 atom stereocenters. The highest BCUT2D eigenvalue weighted by atomic mass is 32.2. The summed E-state index contributed by atoms with van der Waals surface area (Å²) in [5.74, 6) is -0.846. The van der Waals surface area contributed by atoms with Crippen LogP contribution in [0.15, 0.2) is 30.3 Å². The molecule has 6 heteroatoms. The molecule has 0 heterocycles. The van der Waals surface area contributed by atoms with E-state index >= 15 is 0 Å². The second kappa shape index (κ2) is 5.34. The van der Waals surface area contributed by atoms with Crippen LogP contribution in [0, 0.1) is 0 Å². The van der Waals surface area contributed by atoms with E-state index in [0.29, 0.717) is 5.56 Å². The normalized spacial score (nSPS) is 13.1. The summed E-state index contributed by atoms with van der Waals surface area (Å²) in [6.45, 7) is 0. The Kier molecular flexibility index (Phi) is 4.10.